The fraction of sp³-hybridized carbons (Fsp3) is 0.613. The van der Waals surface area contributed by atoms with Crippen LogP contribution in [0.4, 0.5) is 0 Å². The van der Waals surface area contributed by atoms with Gasteiger partial charge in [-0.1, -0.05) is 56.4 Å². The van der Waals surface area contributed by atoms with Gasteiger partial charge in [0.1, 0.15) is 0 Å². The number of fused-ring (bicyclic) bond motifs is 1. The molecule has 192 valence electrons. The van der Waals surface area contributed by atoms with Crippen LogP contribution < -0.4 is 0 Å². The van der Waals surface area contributed by atoms with Crippen LogP contribution in [0.15, 0.2) is 64.6 Å². The van der Waals surface area contributed by atoms with E-state index in [4.69, 9.17) is 0 Å². The van der Waals surface area contributed by atoms with E-state index in [0.29, 0.717) is 36.0 Å². The molecule has 0 amide bonds. The van der Waals surface area contributed by atoms with E-state index >= 15 is 0 Å². The Balaban J connectivity index is 1.47. The number of aliphatic hydroxyl groups excluding tert-OH is 2. The van der Waals surface area contributed by atoms with Crippen molar-refractivity contribution in [2.24, 2.45) is 23.2 Å². The lowest BCUT2D eigenvalue weighted by Crippen LogP contribution is -2.36. The molecule has 3 saturated carbocycles. The number of hydrogen-bond acceptors (Lipinski definition) is 4. The zero-order valence-corrected chi connectivity index (χ0v) is 22.8. The largest absolute Gasteiger partial charge is 0.393 e. The van der Waals surface area contributed by atoms with Crippen molar-refractivity contribution in [3.05, 3.63) is 65.3 Å². The van der Waals surface area contributed by atoms with Crippen molar-refractivity contribution in [1.29, 1.82) is 0 Å². The maximum absolute atomic E-state index is 10.6. The first kappa shape index (κ1) is 26.7. The highest BCUT2D eigenvalue weighted by Gasteiger charge is 2.50. The van der Waals surface area contributed by atoms with Crippen LogP contribution in [0.5, 0.6) is 0 Å². The Hall–Kier alpha value is -1.33. The molecule has 0 aliphatic heterocycles. The molecule has 4 heteroatoms. The molecule has 3 aliphatic rings. The predicted molar refractivity (Wildman–Crippen MR) is 146 cm³/mol. The molecular formula is C31H44O3S. The third-order valence-corrected chi connectivity index (χ3v) is 10.4. The van der Waals surface area contributed by atoms with Gasteiger partial charge in [-0.3, -0.25) is 0 Å². The van der Waals surface area contributed by atoms with Crippen molar-refractivity contribution in [1.82, 2.24) is 0 Å². The summed E-state index contributed by atoms with van der Waals surface area (Å²) < 4.78 is 0. The molecule has 35 heavy (non-hydrogen) atoms. The molecule has 3 N–H and O–H groups in total. The van der Waals surface area contributed by atoms with E-state index in [0.717, 1.165) is 28.9 Å². The lowest BCUT2D eigenvalue weighted by Gasteiger charge is -2.44. The molecule has 0 bridgehead atoms. The van der Waals surface area contributed by atoms with E-state index < -0.39 is 17.8 Å². The van der Waals surface area contributed by atoms with Crippen LogP contribution in [0, 0.1) is 23.2 Å². The summed E-state index contributed by atoms with van der Waals surface area (Å²) >= 11 is 1.90. The van der Waals surface area contributed by atoms with Gasteiger partial charge in [-0.15, -0.1) is 11.8 Å². The zero-order valence-electron chi connectivity index (χ0n) is 22.0. The van der Waals surface area contributed by atoms with Gasteiger partial charge in [0.05, 0.1) is 17.8 Å². The van der Waals surface area contributed by atoms with Crippen molar-refractivity contribution < 1.29 is 15.3 Å². The van der Waals surface area contributed by atoms with Gasteiger partial charge in [-0.25, -0.2) is 0 Å². The quantitative estimate of drug-likeness (QED) is 0.380. The number of thioether (sulfide) groups is 1. The highest BCUT2D eigenvalue weighted by atomic mass is 32.2. The highest BCUT2D eigenvalue weighted by Crippen LogP contribution is 2.59. The molecule has 0 spiro atoms. The van der Waals surface area contributed by atoms with Crippen molar-refractivity contribution >= 4 is 11.8 Å². The second-order valence-electron chi connectivity index (χ2n) is 12.0. The number of benzene rings is 1. The maximum Gasteiger partial charge on any atom is 0.0851 e. The molecule has 0 radical (unpaired) electrons. The van der Waals surface area contributed by atoms with Gasteiger partial charge in [0.2, 0.25) is 0 Å². The van der Waals surface area contributed by atoms with Crippen molar-refractivity contribution in [3.8, 4) is 0 Å². The highest BCUT2D eigenvalue weighted by molar-refractivity contribution is 7.99. The molecular weight excluding hydrogens is 452 g/mol. The van der Waals surface area contributed by atoms with Crippen LogP contribution in [-0.4, -0.2) is 33.3 Å². The summed E-state index contributed by atoms with van der Waals surface area (Å²) in [5.74, 6) is 2.98. The molecule has 2 unspecified atom stereocenters. The van der Waals surface area contributed by atoms with Gasteiger partial charge < -0.3 is 15.3 Å². The smallest absolute Gasteiger partial charge is 0.0851 e. The molecule has 0 heterocycles. The fourth-order valence-electron chi connectivity index (χ4n) is 7.11. The van der Waals surface area contributed by atoms with Crippen LogP contribution in [-0.2, 0) is 5.60 Å². The topological polar surface area (TPSA) is 60.7 Å². The predicted octanol–water partition coefficient (Wildman–Crippen LogP) is 6.78. The first-order chi connectivity index (χ1) is 16.5. The zero-order chi connectivity index (χ0) is 25.4. The number of allylic oxidation sites excluding steroid dienone is 3. The summed E-state index contributed by atoms with van der Waals surface area (Å²) in [6.45, 7) is 12.8. The number of aliphatic hydroxyl groups is 3. The van der Waals surface area contributed by atoms with Crippen LogP contribution in [0.1, 0.15) is 78.2 Å². The second-order valence-corrected chi connectivity index (χ2v) is 13.1. The van der Waals surface area contributed by atoms with Gasteiger partial charge in [-0.2, -0.15) is 0 Å². The average Bonchev–Trinajstić information content (AvgIpc) is 3.16. The average molecular weight is 497 g/mol. The molecule has 4 rings (SSSR count). The van der Waals surface area contributed by atoms with Crippen LogP contribution >= 0.6 is 11.8 Å². The summed E-state index contributed by atoms with van der Waals surface area (Å²) in [6.07, 6.45) is 10.5. The third kappa shape index (κ3) is 5.66. The minimum atomic E-state index is -0.829. The van der Waals surface area contributed by atoms with E-state index in [-0.39, 0.29) is 0 Å². The fourth-order valence-corrected chi connectivity index (χ4v) is 8.44. The summed E-state index contributed by atoms with van der Waals surface area (Å²) in [4.78, 5) is 1.19. The monoisotopic (exact) mass is 496 g/mol. The molecule has 3 aliphatic carbocycles. The van der Waals surface area contributed by atoms with Crippen molar-refractivity contribution in [2.45, 2.75) is 95.3 Å². The molecule has 1 aromatic carbocycles. The summed E-state index contributed by atoms with van der Waals surface area (Å²) in [5.41, 5.74) is 3.82. The molecule has 0 aromatic heterocycles. The standard InChI is InChI=1S/C31H44O3S/c1-20(19-35-29-11-7-6-10-27(29)30(3,4)34)25-14-15-26-22(9-8-16-31(25,26)5)12-13-23-17-24(32)18-28(33)21(23)2/h6-7,10-13,20,24-26,28,32-34H,2,8-9,14-19H2,1,3-5H3/b22-12+,23-13-/t20-,24+,25?,26?,28-,31+/m0/s1. The SMILES string of the molecule is C=C1/C(=C\C=C2/CCC[C@@]3(C)C2CCC3[C@@H](C)CSc2ccccc2C(C)(C)O)C[C@@H](O)C[C@@H]1O. The van der Waals surface area contributed by atoms with Gasteiger partial charge in [0.25, 0.3) is 0 Å². The summed E-state index contributed by atoms with van der Waals surface area (Å²) in [5, 5.41) is 30.9. The third-order valence-electron chi connectivity index (χ3n) is 9.04. The van der Waals surface area contributed by atoms with Gasteiger partial charge >= 0.3 is 0 Å². The van der Waals surface area contributed by atoms with Crippen LogP contribution in [0.25, 0.3) is 0 Å². The molecule has 3 fully saturated rings. The lowest BCUT2D eigenvalue weighted by atomic mass is 9.61. The van der Waals surface area contributed by atoms with E-state index in [1.54, 1.807) is 5.57 Å². The minimum absolute atomic E-state index is 0.320. The minimum Gasteiger partial charge on any atom is -0.393 e. The van der Waals surface area contributed by atoms with Crippen LogP contribution in [0.3, 0.4) is 0 Å². The number of rotatable bonds is 6. The number of hydrogen-bond donors (Lipinski definition) is 3. The van der Waals surface area contributed by atoms with Crippen molar-refractivity contribution in [2.75, 3.05) is 5.75 Å². The normalized spacial score (nSPS) is 34.9. The van der Waals surface area contributed by atoms with E-state index in [1.807, 2.05) is 37.7 Å². The Morgan fingerprint density at radius 1 is 1.20 bits per heavy atom. The maximum atomic E-state index is 10.6. The molecule has 3 nitrogen and oxygen atoms in total. The lowest BCUT2D eigenvalue weighted by molar-refractivity contribution is 0.0757. The first-order valence-electron chi connectivity index (χ1n) is 13.4. The van der Waals surface area contributed by atoms with E-state index in [2.05, 4.69) is 44.7 Å². The second kappa shape index (κ2) is 10.6. The Morgan fingerprint density at radius 3 is 2.69 bits per heavy atom. The summed E-state index contributed by atoms with van der Waals surface area (Å²) in [7, 11) is 0. The van der Waals surface area contributed by atoms with E-state index in [1.165, 1.54) is 30.6 Å². The Morgan fingerprint density at radius 2 is 1.94 bits per heavy atom. The Labute approximate surface area is 216 Å². The molecule has 6 atom stereocenters. The Kier molecular flexibility index (Phi) is 8.07. The Bertz CT molecular complexity index is 987. The van der Waals surface area contributed by atoms with Crippen molar-refractivity contribution in [3.63, 3.8) is 0 Å². The van der Waals surface area contributed by atoms with Gasteiger partial charge in [-0.05, 0) is 98.3 Å². The molecule has 0 saturated heterocycles. The van der Waals surface area contributed by atoms with E-state index in [9.17, 15) is 15.3 Å². The molecule has 1 aromatic rings. The van der Waals surface area contributed by atoms with Crippen LogP contribution in [0.2, 0.25) is 0 Å². The first-order valence-corrected chi connectivity index (χ1v) is 14.4. The summed E-state index contributed by atoms with van der Waals surface area (Å²) in [6, 6.07) is 8.27. The van der Waals surface area contributed by atoms with Gasteiger partial charge in [0.15, 0.2) is 0 Å². The van der Waals surface area contributed by atoms with Gasteiger partial charge in [0, 0.05) is 17.1 Å².